The lowest BCUT2D eigenvalue weighted by Gasteiger charge is -1.96. The summed E-state index contributed by atoms with van der Waals surface area (Å²) in [6.07, 6.45) is 2.48. The van der Waals surface area contributed by atoms with Crippen LogP contribution in [0.2, 0.25) is 0 Å². The van der Waals surface area contributed by atoms with Crippen LogP contribution >= 0.6 is 0 Å². The fraction of sp³-hybridized carbons (Fsp3) is 0.273. The zero-order valence-corrected chi connectivity index (χ0v) is 6.84. The van der Waals surface area contributed by atoms with Gasteiger partial charge in [0.15, 0.2) is 0 Å². The molecule has 0 bridgehead atoms. The molecule has 0 atom stereocenters. The first-order chi connectivity index (χ1) is 5.95. The van der Waals surface area contributed by atoms with Gasteiger partial charge in [-0.1, -0.05) is 24.3 Å². The fourth-order valence-electron chi connectivity index (χ4n) is 1.68. The maximum absolute atomic E-state index is 5.63. The lowest BCUT2D eigenvalue weighted by Crippen LogP contribution is -1.78. The van der Waals surface area contributed by atoms with Crippen LogP contribution in [0.5, 0.6) is 0 Å². The molecule has 1 saturated carbocycles. The topological polar surface area (TPSA) is 9.23 Å². The van der Waals surface area contributed by atoms with Crippen LogP contribution in [0.15, 0.2) is 29.8 Å². The molecule has 1 aromatic carbocycles. The Labute approximate surface area is 71.7 Å². The molecule has 1 fully saturated rings. The highest BCUT2D eigenvalue weighted by Gasteiger charge is 2.25. The Hall–Kier alpha value is -1.24. The van der Waals surface area contributed by atoms with E-state index >= 15 is 0 Å². The van der Waals surface area contributed by atoms with E-state index in [1.807, 2.05) is 0 Å². The second-order valence-corrected chi connectivity index (χ2v) is 3.38. The van der Waals surface area contributed by atoms with Crippen LogP contribution in [0.4, 0.5) is 0 Å². The number of hydrogen-bond acceptors (Lipinski definition) is 1. The molecular weight excluding hydrogens is 148 g/mol. The summed E-state index contributed by atoms with van der Waals surface area (Å²) in [6.45, 7) is 0.773. The number of fused-ring (bicyclic) bond motifs is 1. The molecule has 0 amide bonds. The molecule has 1 heteroatoms. The lowest BCUT2D eigenvalue weighted by molar-refractivity contribution is 0.284. The maximum Gasteiger partial charge on any atom is 0.126 e. The number of allylic oxidation sites excluding steroid dienone is 1. The summed E-state index contributed by atoms with van der Waals surface area (Å²) in [7, 11) is 0. The monoisotopic (exact) mass is 158 g/mol. The molecule has 1 aromatic rings. The smallest absolute Gasteiger partial charge is 0.126 e. The highest BCUT2D eigenvalue weighted by Crippen LogP contribution is 2.41. The van der Waals surface area contributed by atoms with Gasteiger partial charge >= 0.3 is 0 Å². The third-order valence-corrected chi connectivity index (χ3v) is 2.46. The Morgan fingerprint density at radius 3 is 2.75 bits per heavy atom. The SMILES string of the molecule is c1ccc2c(c1)COC2=C1CC1. The van der Waals surface area contributed by atoms with Crippen molar-refractivity contribution in [3.8, 4) is 0 Å². The maximum atomic E-state index is 5.63. The summed E-state index contributed by atoms with van der Waals surface area (Å²) in [5.74, 6) is 1.17. The molecule has 0 spiro atoms. The summed E-state index contributed by atoms with van der Waals surface area (Å²) >= 11 is 0. The number of hydrogen-bond donors (Lipinski definition) is 0. The molecule has 1 aliphatic heterocycles. The average Bonchev–Trinajstić information content (AvgIpc) is 2.86. The van der Waals surface area contributed by atoms with Crippen molar-refractivity contribution in [2.45, 2.75) is 19.4 Å². The van der Waals surface area contributed by atoms with Gasteiger partial charge in [0, 0.05) is 11.1 Å². The third-order valence-electron chi connectivity index (χ3n) is 2.46. The van der Waals surface area contributed by atoms with Gasteiger partial charge in [-0.25, -0.2) is 0 Å². The standard InChI is InChI=1S/C11H10O/c1-2-4-10-9(3-1)7-12-11(10)8-5-6-8/h1-4H,5-7H2. The van der Waals surface area contributed by atoms with Crippen LogP contribution in [0.25, 0.3) is 5.76 Å². The second kappa shape index (κ2) is 2.13. The van der Waals surface area contributed by atoms with E-state index in [0.717, 1.165) is 6.61 Å². The molecule has 2 aliphatic rings. The predicted molar refractivity (Wildman–Crippen MR) is 47.4 cm³/mol. The van der Waals surface area contributed by atoms with Crippen molar-refractivity contribution in [3.05, 3.63) is 41.0 Å². The van der Waals surface area contributed by atoms with E-state index in [9.17, 15) is 0 Å². The summed E-state index contributed by atoms with van der Waals surface area (Å²) in [5, 5.41) is 0. The van der Waals surface area contributed by atoms with Gasteiger partial charge in [-0.05, 0) is 18.4 Å². The van der Waals surface area contributed by atoms with Crippen molar-refractivity contribution in [2.75, 3.05) is 0 Å². The second-order valence-electron chi connectivity index (χ2n) is 3.38. The average molecular weight is 158 g/mol. The zero-order chi connectivity index (χ0) is 7.97. The van der Waals surface area contributed by atoms with Crippen LogP contribution in [0, 0.1) is 0 Å². The highest BCUT2D eigenvalue weighted by molar-refractivity contribution is 5.71. The molecule has 1 heterocycles. The van der Waals surface area contributed by atoms with Crippen molar-refractivity contribution >= 4 is 5.76 Å². The summed E-state index contributed by atoms with van der Waals surface area (Å²) in [6, 6.07) is 8.45. The third kappa shape index (κ3) is 0.795. The minimum absolute atomic E-state index is 0.773. The Morgan fingerprint density at radius 1 is 1.08 bits per heavy atom. The van der Waals surface area contributed by atoms with Crippen molar-refractivity contribution in [2.24, 2.45) is 0 Å². The molecule has 0 saturated heterocycles. The summed E-state index contributed by atoms with van der Waals surface area (Å²) in [5.41, 5.74) is 4.16. The van der Waals surface area contributed by atoms with Crippen LogP contribution < -0.4 is 0 Å². The van der Waals surface area contributed by atoms with Gasteiger partial charge in [0.1, 0.15) is 12.4 Å². The van der Waals surface area contributed by atoms with E-state index in [-0.39, 0.29) is 0 Å². The van der Waals surface area contributed by atoms with Crippen molar-refractivity contribution in [1.29, 1.82) is 0 Å². The first-order valence-corrected chi connectivity index (χ1v) is 4.38. The van der Waals surface area contributed by atoms with Crippen LogP contribution in [0.1, 0.15) is 24.0 Å². The van der Waals surface area contributed by atoms with E-state index in [1.54, 1.807) is 0 Å². The van der Waals surface area contributed by atoms with Gasteiger partial charge in [0.05, 0.1) is 0 Å². The Balaban J connectivity index is 2.20. The number of benzene rings is 1. The Morgan fingerprint density at radius 2 is 1.92 bits per heavy atom. The zero-order valence-electron chi connectivity index (χ0n) is 6.84. The highest BCUT2D eigenvalue weighted by atomic mass is 16.5. The molecule has 0 unspecified atom stereocenters. The van der Waals surface area contributed by atoms with Crippen molar-refractivity contribution in [3.63, 3.8) is 0 Å². The van der Waals surface area contributed by atoms with E-state index in [0.29, 0.717) is 0 Å². The van der Waals surface area contributed by atoms with Crippen molar-refractivity contribution < 1.29 is 4.74 Å². The summed E-state index contributed by atoms with van der Waals surface area (Å²) in [4.78, 5) is 0. The minimum atomic E-state index is 0.773. The Kier molecular flexibility index (Phi) is 1.12. The summed E-state index contributed by atoms with van der Waals surface area (Å²) < 4.78 is 5.63. The van der Waals surface area contributed by atoms with Gasteiger partial charge in [-0.2, -0.15) is 0 Å². The number of rotatable bonds is 0. The molecule has 60 valence electrons. The minimum Gasteiger partial charge on any atom is -0.488 e. The lowest BCUT2D eigenvalue weighted by atomic mass is 10.1. The first kappa shape index (κ1) is 6.30. The van der Waals surface area contributed by atoms with Gasteiger partial charge in [0.2, 0.25) is 0 Å². The van der Waals surface area contributed by atoms with E-state index in [1.165, 1.54) is 35.3 Å². The molecule has 0 N–H and O–H groups in total. The Bertz CT molecular complexity index is 357. The molecule has 3 rings (SSSR count). The molecule has 0 aromatic heterocycles. The molecule has 12 heavy (non-hydrogen) atoms. The molecule has 1 nitrogen and oxygen atoms in total. The van der Waals surface area contributed by atoms with E-state index in [4.69, 9.17) is 4.74 Å². The molecule has 0 radical (unpaired) electrons. The predicted octanol–water partition coefficient (Wildman–Crippen LogP) is 2.72. The van der Waals surface area contributed by atoms with Crippen molar-refractivity contribution in [1.82, 2.24) is 0 Å². The molecule has 1 aliphatic carbocycles. The molecular formula is C11H10O. The van der Waals surface area contributed by atoms with Gasteiger partial charge in [-0.3, -0.25) is 0 Å². The fourth-order valence-corrected chi connectivity index (χ4v) is 1.68. The number of ether oxygens (including phenoxy) is 1. The van der Waals surface area contributed by atoms with Crippen LogP contribution in [0.3, 0.4) is 0 Å². The van der Waals surface area contributed by atoms with Crippen LogP contribution in [-0.2, 0) is 11.3 Å². The van der Waals surface area contributed by atoms with Gasteiger partial charge in [-0.15, -0.1) is 0 Å². The normalized spacial score (nSPS) is 19.0. The first-order valence-electron chi connectivity index (χ1n) is 4.38. The van der Waals surface area contributed by atoms with Gasteiger partial charge < -0.3 is 4.74 Å². The van der Waals surface area contributed by atoms with E-state index < -0.39 is 0 Å². The van der Waals surface area contributed by atoms with Gasteiger partial charge in [0.25, 0.3) is 0 Å². The largest absolute Gasteiger partial charge is 0.488 e. The van der Waals surface area contributed by atoms with E-state index in [2.05, 4.69) is 24.3 Å². The quantitative estimate of drug-likeness (QED) is 0.564. The van der Waals surface area contributed by atoms with Crippen LogP contribution in [-0.4, -0.2) is 0 Å².